The molecular formula is C6H4BrNO2S. The molecule has 0 atom stereocenters. The van der Waals surface area contributed by atoms with E-state index < -0.39 is 11.6 Å². The number of rotatable bonds is 2. The number of carbonyl (C=O) groups excluding carboxylic acids is 2. The van der Waals surface area contributed by atoms with E-state index >= 15 is 0 Å². The Labute approximate surface area is 75.6 Å². The minimum atomic E-state index is -0.527. The van der Waals surface area contributed by atoms with Crippen LogP contribution in [0.25, 0.3) is 0 Å². The van der Waals surface area contributed by atoms with Gasteiger partial charge in [-0.2, -0.15) is 0 Å². The number of ketones is 2. The lowest BCUT2D eigenvalue weighted by Gasteiger charge is -1.85. The summed E-state index contributed by atoms with van der Waals surface area (Å²) in [6.07, 6.45) is 0. The zero-order valence-corrected chi connectivity index (χ0v) is 8.03. The first kappa shape index (κ1) is 8.55. The molecule has 3 nitrogen and oxygen atoms in total. The lowest BCUT2D eigenvalue weighted by molar-refractivity contribution is -0.113. The standard InChI is InChI=1S/C6H4BrNO2S/c1-3(9)5(10)6-8-4(7)2-11-6/h2H,1H3. The molecule has 0 bridgehead atoms. The average molecular weight is 234 g/mol. The van der Waals surface area contributed by atoms with E-state index in [1.807, 2.05) is 0 Å². The van der Waals surface area contributed by atoms with Gasteiger partial charge in [0.2, 0.25) is 5.78 Å². The zero-order valence-electron chi connectivity index (χ0n) is 5.63. The Bertz CT molecular complexity index is 307. The van der Waals surface area contributed by atoms with Crippen molar-refractivity contribution in [2.24, 2.45) is 0 Å². The maximum absolute atomic E-state index is 10.9. The molecule has 58 valence electrons. The summed E-state index contributed by atoms with van der Waals surface area (Å²) in [5, 5.41) is 1.90. The van der Waals surface area contributed by atoms with E-state index in [1.165, 1.54) is 6.92 Å². The van der Waals surface area contributed by atoms with Crippen molar-refractivity contribution in [3.8, 4) is 0 Å². The van der Waals surface area contributed by atoms with E-state index in [1.54, 1.807) is 5.38 Å². The van der Waals surface area contributed by atoms with Crippen molar-refractivity contribution in [3.63, 3.8) is 0 Å². The predicted molar refractivity (Wildman–Crippen MR) is 44.8 cm³/mol. The van der Waals surface area contributed by atoms with Gasteiger partial charge in [0.1, 0.15) is 4.60 Å². The van der Waals surface area contributed by atoms with Gasteiger partial charge in [-0.3, -0.25) is 9.59 Å². The molecule has 0 aliphatic heterocycles. The number of thiazole rings is 1. The van der Waals surface area contributed by atoms with Crippen molar-refractivity contribution >= 4 is 38.8 Å². The third-order valence-corrected chi connectivity index (χ3v) is 2.54. The molecule has 0 amide bonds. The molecule has 0 fully saturated rings. The van der Waals surface area contributed by atoms with Gasteiger partial charge in [0.05, 0.1) is 0 Å². The summed E-state index contributed by atoms with van der Waals surface area (Å²) >= 11 is 4.24. The summed E-state index contributed by atoms with van der Waals surface area (Å²) in [7, 11) is 0. The third-order valence-electron chi connectivity index (χ3n) is 0.990. The average Bonchev–Trinajstić information content (AvgIpc) is 2.34. The van der Waals surface area contributed by atoms with Crippen LogP contribution in [0.15, 0.2) is 9.98 Å². The van der Waals surface area contributed by atoms with Crippen LogP contribution < -0.4 is 0 Å². The van der Waals surface area contributed by atoms with Crippen LogP contribution in [0.2, 0.25) is 0 Å². The van der Waals surface area contributed by atoms with Crippen LogP contribution in [0.4, 0.5) is 0 Å². The third kappa shape index (κ3) is 1.94. The van der Waals surface area contributed by atoms with E-state index in [0.29, 0.717) is 4.60 Å². The van der Waals surface area contributed by atoms with E-state index in [2.05, 4.69) is 20.9 Å². The molecular weight excluding hydrogens is 230 g/mol. The maximum Gasteiger partial charge on any atom is 0.256 e. The summed E-state index contributed by atoms with van der Waals surface area (Å²) in [6.45, 7) is 1.23. The molecule has 0 unspecified atom stereocenters. The minimum absolute atomic E-state index is 0.240. The Hall–Kier alpha value is -0.550. The molecule has 1 heterocycles. The summed E-state index contributed by atoms with van der Waals surface area (Å²) < 4.78 is 0.590. The van der Waals surface area contributed by atoms with Crippen LogP contribution >= 0.6 is 27.3 Å². The van der Waals surface area contributed by atoms with Crippen molar-refractivity contribution in [2.45, 2.75) is 6.92 Å². The highest BCUT2D eigenvalue weighted by atomic mass is 79.9. The van der Waals surface area contributed by atoms with E-state index in [-0.39, 0.29) is 5.01 Å². The molecule has 0 saturated heterocycles. The van der Waals surface area contributed by atoms with Gasteiger partial charge in [-0.15, -0.1) is 11.3 Å². The topological polar surface area (TPSA) is 47.0 Å². The second-order valence-electron chi connectivity index (χ2n) is 1.86. The number of hydrogen-bond donors (Lipinski definition) is 0. The number of Topliss-reactive ketones (excluding diaryl/α,β-unsaturated/α-hetero) is 2. The van der Waals surface area contributed by atoms with Crippen molar-refractivity contribution in [2.75, 3.05) is 0 Å². The highest BCUT2D eigenvalue weighted by Gasteiger charge is 2.14. The summed E-state index contributed by atoms with van der Waals surface area (Å²) in [6, 6.07) is 0. The van der Waals surface area contributed by atoms with Gasteiger partial charge in [0, 0.05) is 12.3 Å². The molecule has 0 aliphatic carbocycles. The van der Waals surface area contributed by atoms with Crippen LogP contribution in [0.3, 0.4) is 0 Å². The molecule has 5 heteroatoms. The van der Waals surface area contributed by atoms with Crippen LogP contribution in [-0.4, -0.2) is 16.6 Å². The molecule has 1 aromatic rings. The summed E-state index contributed by atoms with van der Waals surface area (Å²) in [5.74, 6) is -1.01. The lowest BCUT2D eigenvalue weighted by Crippen LogP contribution is -2.08. The smallest absolute Gasteiger partial charge is 0.256 e. The first-order chi connectivity index (χ1) is 5.11. The predicted octanol–water partition coefficient (Wildman–Crippen LogP) is 1.68. The molecule has 0 aromatic carbocycles. The monoisotopic (exact) mass is 233 g/mol. The molecule has 11 heavy (non-hydrogen) atoms. The van der Waals surface area contributed by atoms with E-state index in [0.717, 1.165) is 11.3 Å². The molecule has 0 spiro atoms. The van der Waals surface area contributed by atoms with Crippen molar-refractivity contribution in [1.82, 2.24) is 4.98 Å². The second-order valence-corrected chi connectivity index (χ2v) is 3.53. The number of hydrogen-bond acceptors (Lipinski definition) is 4. The SMILES string of the molecule is CC(=O)C(=O)c1nc(Br)cs1. The number of halogens is 1. The lowest BCUT2D eigenvalue weighted by atomic mass is 10.3. The van der Waals surface area contributed by atoms with Gasteiger partial charge in [-0.25, -0.2) is 4.98 Å². The summed E-state index contributed by atoms with van der Waals surface area (Å²) in [5.41, 5.74) is 0. The Balaban J connectivity index is 2.94. The Morgan fingerprint density at radius 2 is 2.27 bits per heavy atom. The van der Waals surface area contributed by atoms with Gasteiger partial charge in [-0.1, -0.05) is 0 Å². The van der Waals surface area contributed by atoms with Crippen molar-refractivity contribution in [1.29, 1.82) is 0 Å². The van der Waals surface area contributed by atoms with Crippen molar-refractivity contribution < 1.29 is 9.59 Å². The van der Waals surface area contributed by atoms with Crippen LogP contribution in [0.5, 0.6) is 0 Å². The summed E-state index contributed by atoms with van der Waals surface area (Å²) in [4.78, 5) is 25.3. The largest absolute Gasteiger partial charge is 0.291 e. The fraction of sp³-hybridized carbons (Fsp3) is 0.167. The Morgan fingerprint density at radius 1 is 1.64 bits per heavy atom. The number of carbonyl (C=O) groups is 2. The van der Waals surface area contributed by atoms with Gasteiger partial charge in [-0.05, 0) is 15.9 Å². The molecule has 0 radical (unpaired) electrons. The maximum atomic E-state index is 10.9. The number of nitrogens with zero attached hydrogens (tertiary/aromatic N) is 1. The Kier molecular flexibility index (Phi) is 2.51. The van der Waals surface area contributed by atoms with Gasteiger partial charge in [0.15, 0.2) is 5.01 Å². The van der Waals surface area contributed by atoms with Crippen LogP contribution in [0.1, 0.15) is 16.7 Å². The molecule has 0 N–H and O–H groups in total. The van der Waals surface area contributed by atoms with E-state index in [9.17, 15) is 9.59 Å². The number of aromatic nitrogens is 1. The van der Waals surface area contributed by atoms with Crippen LogP contribution in [-0.2, 0) is 4.79 Å². The quantitative estimate of drug-likeness (QED) is 0.577. The highest BCUT2D eigenvalue weighted by molar-refractivity contribution is 9.10. The van der Waals surface area contributed by atoms with Gasteiger partial charge >= 0.3 is 0 Å². The fourth-order valence-electron chi connectivity index (χ4n) is 0.509. The normalized spacial score (nSPS) is 9.64. The zero-order chi connectivity index (χ0) is 8.43. The first-order valence-electron chi connectivity index (χ1n) is 2.77. The van der Waals surface area contributed by atoms with E-state index in [4.69, 9.17) is 0 Å². The van der Waals surface area contributed by atoms with Crippen LogP contribution in [0, 0.1) is 0 Å². The highest BCUT2D eigenvalue weighted by Crippen LogP contribution is 2.15. The van der Waals surface area contributed by atoms with Crippen molar-refractivity contribution in [3.05, 3.63) is 15.0 Å². The fourth-order valence-corrected chi connectivity index (χ4v) is 1.75. The molecule has 1 aromatic heterocycles. The van der Waals surface area contributed by atoms with Gasteiger partial charge < -0.3 is 0 Å². The second kappa shape index (κ2) is 3.23. The minimum Gasteiger partial charge on any atom is -0.291 e. The molecule has 0 saturated carbocycles. The molecule has 1 rings (SSSR count). The first-order valence-corrected chi connectivity index (χ1v) is 4.45. The van der Waals surface area contributed by atoms with Gasteiger partial charge in [0.25, 0.3) is 5.78 Å². The Morgan fingerprint density at radius 3 is 2.64 bits per heavy atom. The molecule has 0 aliphatic rings.